The first-order valence-electron chi connectivity index (χ1n) is 5.76. The fourth-order valence-electron chi connectivity index (χ4n) is 2.23. The minimum Gasteiger partial charge on any atom is -0.399 e. The predicted molar refractivity (Wildman–Crippen MR) is 70.5 cm³/mol. The molecule has 0 aromatic carbocycles. The summed E-state index contributed by atoms with van der Waals surface area (Å²) in [5.74, 6) is 0.831. The molecule has 0 spiro atoms. The van der Waals surface area contributed by atoms with Gasteiger partial charge >= 0.3 is 0 Å². The fourth-order valence-corrected chi connectivity index (χ4v) is 2.44. The second kappa shape index (κ2) is 4.70. The van der Waals surface area contributed by atoms with Crippen LogP contribution in [0.3, 0.4) is 0 Å². The third-order valence-corrected chi connectivity index (χ3v) is 3.47. The van der Waals surface area contributed by atoms with E-state index in [9.17, 15) is 0 Å². The molecular weight excluding hydrogens is 238 g/mol. The quantitative estimate of drug-likeness (QED) is 0.824. The van der Waals surface area contributed by atoms with Gasteiger partial charge in [0.25, 0.3) is 0 Å². The Morgan fingerprint density at radius 1 is 1.53 bits per heavy atom. The first kappa shape index (κ1) is 12.5. The zero-order valence-corrected chi connectivity index (χ0v) is 11.0. The smallest absolute Gasteiger partial charge is 0.133 e. The molecule has 1 aliphatic heterocycles. The number of anilines is 2. The molecule has 1 atom stereocenters. The van der Waals surface area contributed by atoms with E-state index in [1.165, 1.54) is 0 Å². The van der Waals surface area contributed by atoms with Gasteiger partial charge in [0, 0.05) is 32.0 Å². The van der Waals surface area contributed by atoms with Crippen molar-refractivity contribution in [3.63, 3.8) is 0 Å². The first-order valence-corrected chi connectivity index (χ1v) is 6.13. The maximum absolute atomic E-state index is 5.93. The average Bonchev–Trinajstić information content (AvgIpc) is 2.28. The Kier molecular flexibility index (Phi) is 3.45. The summed E-state index contributed by atoms with van der Waals surface area (Å²) >= 11 is 5.93. The molecule has 5 heteroatoms. The Morgan fingerprint density at radius 3 is 2.94 bits per heavy atom. The molecule has 94 valence electrons. The van der Waals surface area contributed by atoms with Crippen LogP contribution in [0.1, 0.15) is 19.8 Å². The maximum atomic E-state index is 5.93. The molecule has 0 radical (unpaired) electrons. The van der Waals surface area contributed by atoms with Crippen molar-refractivity contribution >= 4 is 23.1 Å². The van der Waals surface area contributed by atoms with Gasteiger partial charge in [0.1, 0.15) is 11.0 Å². The standard InChI is InChI=1S/C12H18ClN3O/c1-12(17-2)4-3-5-16(8-12)11-7-9(14)6-10(13)15-11/h6-7H,3-5,8H2,1-2H3,(H2,14,15). The van der Waals surface area contributed by atoms with Gasteiger partial charge in [-0.05, 0) is 25.8 Å². The second-order valence-corrected chi connectivity index (χ2v) is 5.15. The van der Waals surface area contributed by atoms with Gasteiger partial charge in [-0.15, -0.1) is 0 Å². The molecule has 1 aromatic heterocycles. The Balaban J connectivity index is 2.21. The molecule has 1 unspecified atom stereocenters. The van der Waals surface area contributed by atoms with Crippen LogP contribution in [0.25, 0.3) is 0 Å². The summed E-state index contributed by atoms with van der Waals surface area (Å²) in [6.07, 6.45) is 2.15. The third kappa shape index (κ3) is 2.82. The number of aromatic nitrogens is 1. The maximum Gasteiger partial charge on any atom is 0.133 e. The van der Waals surface area contributed by atoms with Crippen LogP contribution < -0.4 is 10.6 Å². The van der Waals surface area contributed by atoms with Crippen LogP contribution in [0, 0.1) is 0 Å². The largest absolute Gasteiger partial charge is 0.399 e. The molecule has 17 heavy (non-hydrogen) atoms. The number of hydrogen-bond donors (Lipinski definition) is 1. The lowest BCUT2D eigenvalue weighted by Crippen LogP contribution is -2.47. The number of pyridine rings is 1. The molecule has 0 bridgehead atoms. The monoisotopic (exact) mass is 255 g/mol. The molecular formula is C12H18ClN3O. The van der Waals surface area contributed by atoms with Gasteiger partial charge in [-0.3, -0.25) is 0 Å². The summed E-state index contributed by atoms with van der Waals surface area (Å²) in [7, 11) is 1.75. The van der Waals surface area contributed by atoms with E-state index in [0.717, 1.165) is 31.7 Å². The summed E-state index contributed by atoms with van der Waals surface area (Å²) in [4.78, 5) is 6.49. The number of nitrogens with two attached hydrogens (primary N) is 1. The van der Waals surface area contributed by atoms with Gasteiger partial charge in [-0.25, -0.2) is 4.98 Å². The average molecular weight is 256 g/mol. The number of rotatable bonds is 2. The van der Waals surface area contributed by atoms with Gasteiger partial charge in [0.2, 0.25) is 0 Å². The highest BCUT2D eigenvalue weighted by Gasteiger charge is 2.31. The number of halogens is 1. The van der Waals surface area contributed by atoms with E-state index in [1.807, 2.05) is 6.07 Å². The van der Waals surface area contributed by atoms with Crippen molar-refractivity contribution in [2.45, 2.75) is 25.4 Å². The van der Waals surface area contributed by atoms with E-state index in [-0.39, 0.29) is 5.60 Å². The minimum absolute atomic E-state index is 0.114. The number of nitrogen functional groups attached to an aromatic ring is 1. The van der Waals surface area contributed by atoms with Crippen LogP contribution >= 0.6 is 11.6 Å². The van der Waals surface area contributed by atoms with E-state index in [1.54, 1.807) is 13.2 Å². The summed E-state index contributed by atoms with van der Waals surface area (Å²) < 4.78 is 5.56. The van der Waals surface area contributed by atoms with Gasteiger partial charge in [-0.2, -0.15) is 0 Å². The number of methoxy groups -OCH3 is 1. The lowest BCUT2D eigenvalue weighted by atomic mass is 9.95. The first-order chi connectivity index (χ1) is 8.02. The lowest BCUT2D eigenvalue weighted by molar-refractivity contribution is -0.00481. The topological polar surface area (TPSA) is 51.4 Å². The van der Waals surface area contributed by atoms with Gasteiger partial charge < -0.3 is 15.4 Å². The highest BCUT2D eigenvalue weighted by atomic mass is 35.5. The summed E-state index contributed by atoms with van der Waals surface area (Å²) in [6.45, 7) is 3.90. The van der Waals surface area contributed by atoms with Crippen molar-refractivity contribution in [1.82, 2.24) is 4.98 Å². The molecule has 1 aromatic rings. The summed E-state index contributed by atoms with van der Waals surface area (Å²) in [5, 5.41) is 0.435. The number of hydrogen-bond acceptors (Lipinski definition) is 4. The molecule has 0 amide bonds. The molecule has 0 aliphatic carbocycles. The second-order valence-electron chi connectivity index (χ2n) is 4.76. The van der Waals surface area contributed by atoms with Crippen molar-refractivity contribution in [2.75, 3.05) is 30.8 Å². The van der Waals surface area contributed by atoms with Crippen LogP contribution in [0.15, 0.2) is 12.1 Å². The molecule has 2 heterocycles. The highest BCUT2D eigenvalue weighted by Crippen LogP contribution is 2.28. The normalized spacial score (nSPS) is 25.0. The van der Waals surface area contributed by atoms with E-state index in [0.29, 0.717) is 10.8 Å². The Hall–Kier alpha value is -1.00. The number of ether oxygens (including phenoxy) is 1. The Labute approximate surface area is 107 Å². The van der Waals surface area contributed by atoms with Crippen molar-refractivity contribution < 1.29 is 4.74 Å². The fraction of sp³-hybridized carbons (Fsp3) is 0.583. The van der Waals surface area contributed by atoms with Crippen molar-refractivity contribution in [3.8, 4) is 0 Å². The molecule has 2 rings (SSSR count). The Morgan fingerprint density at radius 2 is 2.29 bits per heavy atom. The van der Waals surface area contributed by atoms with E-state index >= 15 is 0 Å². The summed E-state index contributed by atoms with van der Waals surface area (Å²) in [5.41, 5.74) is 6.31. The molecule has 4 nitrogen and oxygen atoms in total. The van der Waals surface area contributed by atoms with Crippen LogP contribution in [0.2, 0.25) is 5.15 Å². The van der Waals surface area contributed by atoms with Crippen LogP contribution in [0.4, 0.5) is 11.5 Å². The highest BCUT2D eigenvalue weighted by molar-refractivity contribution is 6.29. The predicted octanol–water partition coefficient (Wildman–Crippen LogP) is 2.32. The molecule has 1 aliphatic rings. The molecule has 1 fully saturated rings. The Bertz CT molecular complexity index is 392. The van der Waals surface area contributed by atoms with Crippen molar-refractivity contribution in [2.24, 2.45) is 0 Å². The van der Waals surface area contributed by atoms with Crippen LogP contribution in [-0.2, 0) is 4.74 Å². The van der Waals surface area contributed by atoms with E-state index < -0.39 is 0 Å². The van der Waals surface area contributed by atoms with Gasteiger partial charge in [-0.1, -0.05) is 11.6 Å². The van der Waals surface area contributed by atoms with Crippen molar-refractivity contribution in [3.05, 3.63) is 17.3 Å². The lowest BCUT2D eigenvalue weighted by Gasteiger charge is -2.40. The summed E-state index contributed by atoms with van der Waals surface area (Å²) in [6, 6.07) is 3.51. The van der Waals surface area contributed by atoms with Gasteiger partial charge in [0.15, 0.2) is 0 Å². The van der Waals surface area contributed by atoms with Crippen LogP contribution in [-0.4, -0.2) is 30.8 Å². The van der Waals surface area contributed by atoms with Crippen molar-refractivity contribution in [1.29, 1.82) is 0 Å². The zero-order chi connectivity index (χ0) is 12.5. The van der Waals surface area contributed by atoms with Crippen LogP contribution in [0.5, 0.6) is 0 Å². The SMILES string of the molecule is COC1(C)CCCN(c2cc(N)cc(Cl)n2)C1. The minimum atomic E-state index is -0.114. The molecule has 0 saturated carbocycles. The van der Waals surface area contributed by atoms with Gasteiger partial charge in [0.05, 0.1) is 5.60 Å². The van der Waals surface area contributed by atoms with E-state index in [2.05, 4.69) is 16.8 Å². The van der Waals surface area contributed by atoms with E-state index in [4.69, 9.17) is 22.1 Å². The molecule has 1 saturated heterocycles. The number of nitrogens with zero attached hydrogens (tertiary/aromatic N) is 2. The zero-order valence-electron chi connectivity index (χ0n) is 10.2. The third-order valence-electron chi connectivity index (χ3n) is 3.28. The molecule has 2 N–H and O–H groups in total. The number of piperidine rings is 1.